The normalized spacial score (nSPS) is 15.5. The quantitative estimate of drug-likeness (QED) is 0.162. The van der Waals surface area contributed by atoms with Gasteiger partial charge in [0, 0.05) is 32.9 Å². The van der Waals surface area contributed by atoms with Gasteiger partial charge in [0.25, 0.3) is 0 Å². The molecule has 2 nitrogen and oxygen atoms in total. The third kappa shape index (κ3) is 4.07. The third-order valence-electron chi connectivity index (χ3n) is 12.5. The second-order valence-electron chi connectivity index (χ2n) is 16.4. The first-order chi connectivity index (χ1) is 25.3. The largest absolute Gasteiger partial charge is 0.309 e. The molecule has 0 saturated heterocycles. The maximum Gasteiger partial charge on any atom is 0.0549 e. The van der Waals surface area contributed by atoms with Crippen LogP contribution in [0.4, 0.5) is 0 Å². The molecule has 1 aliphatic carbocycles. The number of para-hydroxylation sites is 1. The minimum Gasteiger partial charge on any atom is -0.309 e. The first kappa shape index (κ1) is 29.8. The van der Waals surface area contributed by atoms with Gasteiger partial charge in [0.15, 0.2) is 0 Å². The van der Waals surface area contributed by atoms with Gasteiger partial charge in [-0.2, -0.15) is 0 Å². The van der Waals surface area contributed by atoms with Gasteiger partial charge in [-0.15, -0.1) is 0 Å². The van der Waals surface area contributed by atoms with Crippen LogP contribution in [-0.2, 0) is 10.8 Å². The van der Waals surface area contributed by atoms with Crippen LogP contribution >= 0.6 is 0 Å². The summed E-state index contributed by atoms with van der Waals surface area (Å²) in [7, 11) is 0. The van der Waals surface area contributed by atoms with E-state index in [9.17, 15) is 0 Å². The van der Waals surface area contributed by atoms with E-state index < -0.39 is 0 Å². The summed E-state index contributed by atoms with van der Waals surface area (Å²) in [6.07, 6.45) is 2.39. The predicted octanol–water partition coefficient (Wildman–Crippen LogP) is 13.7. The Balaban J connectivity index is 1.33. The van der Waals surface area contributed by atoms with Gasteiger partial charge in [-0.05, 0) is 122 Å². The summed E-state index contributed by atoms with van der Waals surface area (Å²) in [6, 6.07) is 54.8. The number of benzene rings is 8. The van der Waals surface area contributed by atoms with Crippen LogP contribution in [0, 0.1) is 0 Å². The Morgan fingerprint density at radius 1 is 0.365 bits per heavy atom. The molecule has 2 heterocycles. The van der Waals surface area contributed by atoms with E-state index in [0.717, 1.165) is 0 Å². The summed E-state index contributed by atoms with van der Waals surface area (Å²) >= 11 is 0. The van der Waals surface area contributed by atoms with Crippen molar-refractivity contribution >= 4 is 75.9 Å². The van der Waals surface area contributed by atoms with Gasteiger partial charge in [-0.1, -0.05) is 119 Å². The molecule has 2 aromatic heterocycles. The Hall–Kier alpha value is -5.86. The summed E-state index contributed by atoms with van der Waals surface area (Å²) in [5, 5.41) is 12.9. The van der Waals surface area contributed by atoms with Crippen molar-refractivity contribution in [2.24, 2.45) is 0 Å². The van der Waals surface area contributed by atoms with Crippen LogP contribution < -0.4 is 0 Å². The molecule has 0 fully saturated rings. The fraction of sp³-hybridized carbons (Fsp3) is 0.160. The lowest BCUT2D eigenvalue weighted by molar-refractivity contribution is 0.332. The highest BCUT2D eigenvalue weighted by atomic mass is 15.0. The molecule has 0 unspecified atom stereocenters. The second kappa shape index (κ2) is 10.4. The Labute approximate surface area is 303 Å². The molecule has 0 aliphatic heterocycles. The Morgan fingerprint density at radius 3 is 1.65 bits per heavy atom. The molecule has 0 atom stereocenters. The highest BCUT2D eigenvalue weighted by Crippen LogP contribution is 2.49. The lowest BCUT2D eigenvalue weighted by Gasteiger charge is -2.42. The average molecular weight is 669 g/mol. The van der Waals surface area contributed by atoms with Crippen molar-refractivity contribution in [1.29, 1.82) is 0 Å². The first-order valence-electron chi connectivity index (χ1n) is 18.7. The van der Waals surface area contributed by atoms with Gasteiger partial charge in [0.05, 0.1) is 22.1 Å². The van der Waals surface area contributed by atoms with Crippen molar-refractivity contribution in [2.75, 3.05) is 0 Å². The van der Waals surface area contributed by atoms with E-state index in [0.29, 0.717) is 0 Å². The summed E-state index contributed by atoms with van der Waals surface area (Å²) in [5.41, 5.74) is 10.6. The van der Waals surface area contributed by atoms with Crippen molar-refractivity contribution in [2.45, 2.75) is 51.4 Å². The van der Waals surface area contributed by atoms with Gasteiger partial charge < -0.3 is 9.13 Å². The topological polar surface area (TPSA) is 9.86 Å². The molecule has 1 aliphatic rings. The standard InChI is InChI=1S/C50H40N2/c1-49(2)24-25-50(3,4)43-30-47-39(27-42(43)49)40-28-46-41(29-45(40)51(47)34-14-6-5-7-15-34)48-37-17-11-9-13-32(37)21-23-44(48)52(46)35-22-20-33-19-18-31-12-8-10-16-36(31)38(33)26-35/h5-23,26-30H,24-25H2,1-4H3. The zero-order valence-electron chi connectivity index (χ0n) is 30.2. The second-order valence-corrected chi connectivity index (χ2v) is 16.4. The summed E-state index contributed by atoms with van der Waals surface area (Å²) in [4.78, 5) is 0. The van der Waals surface area contributed by atoms with Crippen LogP contribution in [0.15, 0.2) is 146 Å². The van der Waals surface area contributed by atoms with Gasteiger partial charge in [0.2, 0.25) is 0 Å². The van der Waals surface area contributed by atoms with Gasteiger partial charge in [0.1, 0.15) is 0 Å². The van der Waals surface area contributed by atoms with Crippen LogP contribution in [-0.4, -0.2) is 9.13 Å². The molecular formula is C50H40N2. The van der Waals surface area contributed by atoms with Crippen molar-refractivity contribution < 1.29 is 0 Å². The highest BCUT2D eigenvalue weighted by molar-refractivity contribution is 6.25. The molecule has 8 aromatic carbocycles. The maximum absolute atomic E-state index is 2.56. The van der Waals surface area contributed by atoms with Crippen molar-refractivity contribution in [3.05, 3.63) is 157 Å². The molecule has 0 bridgehead atoms. The van der Waals surface area contributed by atoms with E-state index in [1.807, 2.05) is 0 Å². The molecule has 0 N–H and O–H groups in total. The molecule has 0 spiro atoms. The van der Waals surface area contributed by atoms with E-state index in [1.54, 1.807) is 0 Å². The minimum absolute atomic E-state index is 0.117. The molecule has 11 rings (SSSR count). The number of hydrogen-bond acceptors (Lipinski definition) is 0. The molecule has 2 heteroatoms. The van der Waals surface area contributed by atoms with Gasteiger partial charge in [-0.25, -0.2) is 0 Å². The number of rotatable bonds is 2. The minimum atomic E-state index is 0.117. The molecule has 250 valence electrons. The highest BCUT2D eigenvalue weighted by Gasteiger charge is 2.38. The zero-order valence-corrected chi connectivity index (χ0v) is 30.2. The summed E-state index contributed by atoms with van der Waals surface area (Å²) in [5.74, 6) is 0. The average Bonchev–Trinajstić information content (AvgIpc) is 3.67. The fourth-order valence-corrected chi connectivity index (χ4v) is 9.62. The SMILES string of the molecule is CC1(C)CCC(C)(C)c2cc3c(cc21)c1cc2c(cc1n3-c1ccccc1)c1c3ccccc3ccc1n2-c1ccc2ccc3ccccc3c2c1. The maximum atomic E-state index is 2.56. The van der Waals surface area contributed by atoms with Crippen LogP contribution in [0.5, 0.6) is 0 Å². The van der Waals surface area contributed by atoms with E-state index in [4.69, 9.17) is 0 Å². The molecule has 0 radical (unpaired) electrons. The Morgan fingerprint density at radius 2 is 0.885 bits per heavy atom. The van der Waals surface area contributed by atoms with E-state index >= 15 is 0 Å². The third-order valence-corrected chi connectivity index (χ3v) is 12.5. The van der Waals surface area contributed by atoms with Crippen molar-refractivity contribution in [3.63, 3.8) is 0 Å². The summed E-state index contributed by atoms with van der Waals surface area (Å²) < 4.78 is 5.05. The smallest absolute Gasteiger partial charge is 0.0549 e. The zero-order chi connectivity index (χ0) is 34.9. The first-order valence-corrected chi connectivity index (χ1v) is 18.7. The fourth-order valence-electron chi connectivity index (χ4n) is 9.62. The van der Waals surface area contributed by atoms with Gasteiger partial charge >= 0.3 is 0 Å². The molecule has 52 heavy (non-hydrogen) atoms. The van der Waals surface area contributed by atoms with Crippen molar-refractivity contribution in [3.8, 4) is 11.4 Å². The van der Waals surface area contributed by atoms with Crippen LogP contribution in [0.3, 0.4) is 0 Å². The van der Waals surface area contributed by atoms with Crippen molar-refractivity contribution in [1.82, 2.24) is 9.13 Å². The van der Waals surface area contributed by atoms with Crippen LogP contribution in [0.2, 0.25) is 0 Å². The summed E-state index contributed by atoms with van der Waals surface area (Å²) in [6.45, 7) is 9.75. The molecule has 0 amide bonds. The van der Waals surface area contributed by atoms with E-state index in [2.05, 4.69) is 182 Å². The molecule has 0 saturated carbocycles. The number of aromatic nitrogens is 2. The number of hydrogen-bond donors (Lipinski definition) is 0. The van der Waals surface area contributed by atoms with Crippen LogP contribution in [0.25, 0.3) is 87.3 Å². The van der Waals surface area contributed by atoms with E-state index in [-0.39, 0.29) is 10.8 Å². The lowest BCUT2D eigenvalue weighted by atomic mass is 9.63. The van der Waals surface area contributed by atoms with E-state index in [1.165, 1.54) is 111 Å². The Kier molecular flexibility index (Phi) is 5.94. The lowest BCUT2D eigenvalue weighted by Crippen LogP contribution is -2.33. The number of nitrogens with zero attached hydrogens (tertiary/aromatic N) is 2. The predicted molar refractivity (Wildman–Crippen MR) is 223 cm³/mol. The number of fused-ring (bicyclic) bond motifs is 12. The monoisotopic (exact) mass is 668 g/mol. The van der Waals surface area contributed by atoms with Gasteiger partial charge in [-0.3, -0.25) is 0 Å². The molecular weight excluding hydrogens is 629 g/mol. The van der Waals surface area contributed by atoms with Crippen LogP contribution in [0.1, 0.15) is 51.7 Å². The Bertz CT molecular complexity index is 3110. The molecule has 10 aromatic rings.